The number of methoxy groups -OCH3 is 1. The highest BCUT2D eigenvalue weighted by Gasteiger charge is 2.14. The first-order valence-corrected chi connectivity index (χ1v) is 5.83. The molecule has 1 aromatic rings. The molecule has 4 nitrogen and oxygen atoms in total. The van der Waals surface area contributed by atoms with Crippen LogP contribution in [0.15, 0.2) is 6.07 Å². The van der Waals surface area contributed by atoms with E-state index in [4.69, 9.17) is 4.74 Å². The largest absolute Gasteiger partial charge is 0.373 e. The maximum Gasteiger partial charge on any atom is 0.159 e. The summed E-state index contributed by atoms with van der Waals surface area (Å²) in [4.78, 5) is 8.96. The van der Waals surface area contributed by atoms with Gasteiger partial charge in [0.15, 0.2) is 5.82 Å². The van der Waals surface area contributed by atoms with E-state index < -0.39 is 0 Å². The van der Waals surface area contributed by atoms with Gasteiger partial charge in [-0.05, 0) is 12.8 Å². The molecule has 1 N–H and O–H groups in total. The molecule has 4 heteroatoms. The molecule has 0 saturated heterocycles. The Balaban J connectivity index is 3.00. The molecule has 1 rings (SSSR count). The van der Waals surface area contributed by atoms with E-state index in [2.05, 4.69) is 29.1 Å². The van der Waals surface area contributed by atoms with Crippen molar-refractivity contribution in [1.82, 2.24) is 9.97 Å². The molecule has 1 unspecified atom stereocenters. The van der Waals surface area contributed by atoms with Crippen molar-refractivity contribution >= 4 is 5.82 Å². The van der Waals surface area contributed by atoms with Crippen molar-refractivity contribution in [3.05, 3.63) is 17.6 Å². The average Bonchev–Trinajstić information content (AvgIpc) is 2.35. The minimum atomic E-state index is 0.00333. The summed E-state index contributed by atoms with van der Waals surface area (Å²) in [6.07, 6.45) is 2.93. The van der Waals surface area contributed by atoms with E-state index in [1.807, 2.05) is 13.1 Å². The summed E-state index contributed by atoms with van der Waals surface area (Å²) in [5.74, 6) is 1.65. The first kappa shape index (κ1) is 12.9. The first-order chi connectivity index (χ1) is 7.74. The standard InChI is InChI=1S/C12H21N3O/c1-5-7-10(16-4)12-14-9(6-2)8-11(13-3)15-12/h8,10H,5-7H2,1-4H3,(H,13,14,15). The molecule has 0 spiro atoms. The van der Waals surface area contributed by atoms with E-state index in [0.29, 0.717) is 0 Å². The Morgan fingerprint density at radius 2 is 2.12 bits per heavy atom. The third-order valence-corrected chi connectivity index (χ3v) is 2.54. The van der Waals surface area contributed by atoms with Crippen LogP contribution in [0.4, 0.5) is 5.82 Å². The lowest BCUT2D eigenvalue weighted by Crippen LogP contribution is -2.10. The second-order valence-electron chi connectivity index (χ2n) is 3.72. The van der Waals surface area contributed by atoms with Crippen molar-refractivity contribution in [3.63, 3.8) is 0 Å². The SMILES string of the molecule is CCCC(OC)c1nc(CC)cc(NC)n1. The van der Waals surface area contributed by atoms with Crippen molar-refractivity contribution in [2.45, 2.75) is 39.2 Å². The molecule has 1 aromatic heterocycles. The normalized spacial score (nSPS) is 12.5. The van der Waals surface area contributed by atoms with Gasteiger partial charge in [0.2, 0.25) is 0 Å². The number of ether oxygens (including phenoxy) is 1. The maximum atomic E-state index is 5.42. The first-order valence-electron chi connectivity index (χ1n) is 5.83. The number of anilines is 1. The Labute approximate surface area is 97.5 Å². The van der Waals surface area contributed by atoms with Gasteiger partial charge in [0.1, 0.15) is 11.9 Å². The van der Waals surface area contributed by atoms with Crippen LogP contribution in [0, 0.1) is 0 Å². The van der Waals surface area contributed by atoms with Gasteiger partial charge in [-0.1, -0.05) is 20.3 Å². The molecule has 1 heterocycles. The lowest BCUT2D eigenvalue weighted by molar-refractivity contribution is 0.0875. The molecule has 0 bridgehead atoms. The molecule has 1 atom stereocenters. The lowest BCUT2D eigenvalue weighted by atomic mass is 10.2. The average molecular weight is 223 g/mol. The number of nitrogens with zero attached hydrogens (tertiary/aromatic N) is 2. The Hall–Kier alpha value is -1.16. The Morgan fingerprint density at radius 3 is 2.62 bits per heavy atom. The molecule has 0 aliphatic heterocycles. The van der Waals surface area contributed by atoms with Crippen molar-refractivity contribution < 1.29 is 4.74 Å². The molecule has 0 aliphatic rings. The van der Waals surface area contributed by atoms with Crippen LogP contribution < -0.4 is 5.32 Å². The molecule has 90 valence electrons. The van der Waals surface area contributed by atoms with Gasteiger partial charge in [-0.2, -0.15) is 0 Å². The number of aryl methyl sites for hydroxylation is 1. The van der Waals surface area contributed by atoms with E-state index in [-0.39, 0.29) is 6.10 Å². The van der Waals surface area contributed by atoms with Gasteiger partial charge in [-0.25, -0.2) is 9.97 Å². The smallest absolute Gasteiger partial charge is 0.159 e. The Bertz CT molecular complexity index is 306. The molecule has 0 aliphatic carbocycles. The third-order valence-electron chi connectivity index (χ3n) is 2.54. The molecular weight excluding hydrogens is 202 g/mol. The third kappa shape index (κ3) is 3.17. The summed E-state index contributed by atoms with van der Waals surface area (Å²) in [5.41, 5.74) is 1.05. The second-order valence-corrected chi connectivity index (χ2v) is 3.72. The molecular formula is C12H21N3O. The molecule has 16 heavy (non-hydrogen) atoms. The van der Waals surface area contributed by atoms with Crippen molar-refractivity contribution in [2.24, 2.45) is 0 Å². The Kier molecular flexibility index (Phi) is 5.19. The van der Waals surface area contributed by atoms with Gasteiger partial charge in [-0.3, -0.25) is 0 Å². The summed E-state index contributed by atoms with van der Waals surface area (Å²) in [6.45, 7) is 4.22. The number of rotatable bonds is 6. The van der Waals surface area contributed by atoms with Crippen LogP contribution in [0.2, 0.25) is 0 Å². The van der Waals surface area contributed by atoms with Crippen LogP contribution >= 0.6 is 0 Å². The molecule has 0 radical (unpaired) electrons. The molecule has 0 aromatic carbocycles. The van der Waals surface area contributed by atoms with Crippen LogP contribution in [0.1, 0.15) is 44.3 Å². The Morgan fingerprint density at radius 1 is 1.38 bits per heavy atom. The van der Waals surface area contributed by atoms with E-state index in [1.54, 1.807) is 7.11 Å². The van der Waals surface area contributed by atoms with E-state index in [0.717, 1.165) is 36.6 Å². The summed E-state index contributed by atoms with van der Waals surface area (Å²) in [5, 5.41) is 3.06. The number of hydrogen-bond acceptors (Lipinski definition) is 4. The molecule has 0 saturated carbocycles. The van der Waals surface area contributed by atoms with Gasteiger partial charge in [-0.15, -0.1) is 0 Å². The lowest BCUT2D eigenvalue weighted by Gasteiger charge is -2.14. The number of aromatic nitrogens is 2. The van der Waals surface area contributed by atoms with Gasteiger partial charge < -0.3 is 10.1 Å². The van der Waals surface area contributed by atoms with Crippen LogP contribution in [-0.2, 0) is 11.2 Å². The molecule has 0 amide bonds. The topological polar surface area (TPSA) is 47.0 Å². The van der Waals surface area contributed by atoms with Gasteiger partial charge in [0.25, 0.3) is 0 Å². The molecule has 0 fully saturated rings. The summed E-state index contributed by atoms with van der Waals surface area (Å²) in [6, 6.07) is 1.97. The van der Waals surface area contributed by atoms with Gasteiger partial charge >= 0.3 is 0 Å². The second kappa shape index (κ2) is 6.43. The minimum absolute atomic E-state index is 0.00333. The number of hydrogen-bond donors (Lipinski definition) is 1. The highest BCUT2D eigenvalue weighted by Crippen LogP contribution is 2.20. The summed E-state index contributed by atoms with van der Waals surface area (Å²) in [7, 11) is 3.58. The van der Waals surface area contributed by atoms with Crippen molar-refractivity contribution in [1.29, 1.82) is 0 Å². The maximum absolute atomic E-state index is 5.42. The van der Waals surface area contributed by atoms with Gasteiger partial charge in [0, 0.05) is 25.9 Å². The minimum Gasteiger partial charge on any atom is -0.373 e. The van der Waals surface area contributed by atoms with Gasteiger partial charge in [0.05, 0.1) is 0 Å². The van der Waals surface area contributed by atoms with Crippen molar-refractivity contribution in [3.8, 4) is 0 Å². The van der Waals surface area contributed by atoms with Crippen LogP contribution in [0.25, 0.3) is 0 Å². The van der Waals surface area contributed by atoms with Crippen molar-refractivity contribution in [2.75, 3.05) is 19.5 Å². The fourth-order valence-corrected chi connectivity index (χ4v) is 1.59. The zero-order valence-electron chi connectivity index (χ0n) is 10.6. The van der Waals surface area contributed by atoms with Crippen LogP contribution in [0.3, 0.4) is 0 Å². The number of nitrogens with one attached hydrogen (secondary N) is 1. The predicted molar refractivity (Wildman–Crippen MR) is 65.6 cm³/mol. The highest BCUT2D eigenvalue weighted by molar-refractivity contribution is 5.35. The van der Waals surface area contributed by atoms with Crippen LogP contribution in [0.5, 0.6) is 0 Å². The van der Waals surface area contributed by atoms with E-state index in [1.165, 1.54) is 0 Å². The summed E-state index contributed by atoms with van der Waals surface area (Å²) < 4.78 is 5.42. The van der Waals surface area contributed by atoms with Crippen LogP contribution in [-0.4, -0.2) is 24.1 Å². The quantitative estimate of drug-likeness (QED) is 0.805. The van der Waals surface area contributed by atoms with E-state index in [9.17, 15) is 0 Å². The zero-order valence-corrected chi connectivity index (χ0v) is 10.6. The monoisotopic (exact) mass is 223 g/mol. The zero-order chi connectivity index (χ0) is 12.0. The predicted octanol–water partition coefficient (Wildman–Crippen LogP) is 2.57. The highest BCUT2D eigenvalue weighted by atomic mass is 16.5. The summed E-state index contributed by atoms with van der Waals surface area (Å²) >= 11 is 0. The fourth-order valence-electron chi connectivity index (χ4n) is 1.59. The van der Waals surface area contributed by atoms with E-state index >= 15 is 0 Å². The fraction of sp³-hybridized carbons (Fsp3) is 0.667.